The molecule has 2 N–H and O–H groups in total. The van der Waals surface area contributed by atoms with Gasteiger partial charge in [0.1, 0.15) is 10.4 Å². The van der Waals surface area contributed by atoms with Crippen molar-refractivity contribution in [3.05, 3.63) is 51.0 Å². The van der Waals surface area contributed by atoms with Crippen LogP contribution in [0.5, 0.6) is 0 Å². The van der Waals surface area contributed by atoms with Crippen molar-refractivity contribution < 1.29 is 14.3 Å². The van der Waals surface area contributed by atoms with Crippen LogP contribution in [0.25, 0.3) is 10.9 Å². The highest BCUT2D eigenvalue weighted by molar-refractivity contribution is 7.19. The number of carbonyl (C=O) groups is 2. The van der Waals surface area contributed by atoms with Gasteiger partial charge in [0, 0.05) is 24.8 Å². The van der Waals surface area contributed by atoms with E-state index in [1.807, 2.05) is 0 Å². The van der Waals surface area contributed by atoms with Gasteiger partial charge in [0.05, 0.1) is 23.4 Å². The molecule has 1 saturated heterocycles. The molecule has 1 aliphatic carbocycles. The highest BCUT2D eigenvalue weighted by Crippen LogP contribution is 2.28. The second-order valence-corrected chi connectivity index (χ2v) is 10.4. The molecule has 9 nitrogen and oxygen atoms in total. The second-order valence-electron chi connectivity index (χ2n) is 8.70. The first kappa shape index (κ1) is 22.9. The number of carbonyl (C=O) groups excluding carboxylic acids is 2. The molecule has 1 unspecified atom stereocenters. The number of halogens is 1. The fourth-order valence-electron chi connectivity index (χ4n) is 4.14. The average Bonchev–Trinajstić information content (AvgIpc) is 3.57. The molecule has 0 spiro atoms. The largest absolute Gasteiger partial charge is 0.381 e. The zero-order valence-corrected chi connectivity index (χ0v) is 19.9. The molecular weight excluding hydrogens is 478 g/mol. The fraction of sp³-hybridized carbons (Fsp3) is 0.435. The standard InChI is InChI=1S/C23H24ClN5O4S/c24-19-11-25-23(34-19)28-21(31)18(9-13-5-7-33-8-6-13)29-12-26-17-10-14(1-4-16(17)22(29)32)20(30)27-15-2-3-15/h1,4,10-13,15,18H,2-3,5-9H2,(H,27,30)(H,25,28,31). The summed E-state index contributed by atoms with van der Waals surface area (Å²) in [5.74, 6) is -0.282. The first-order valence-electron chi connectivity index (χ1n) is 11.3. The zero-order valence-electron chi connectivity index (χ0n) is 18.3. The van der Waals surface area contributed by atoms with Crippen LogP contribution in [0.3, 0.4) is 0 Å². The van der Waals surface area contributed by atoms with Crippen LogP contribution < -0.4 is 16.2 Å². The number of hydrogen-bond donors (Lipinski definition) is 2. The van der Waals surface area contributed by atoms with Crippen LogP contribution in [0.1, 0.15) is 48.5 Å². The molecule has 3 aromatic rings. The van der Waals surface area contributed by atoms with Crippen molar-refractivity contribution in [3.63, 3.8) is 0 Å². The van der Waals surface area contributed by atoms with Crippen LogP contribution in [0.15, 0.2) is 35.5 Å². The monoisotopic (exact) mass is 501 g/mol. The minimum Gasteiger partial charge on any atom is -0.381 e. The van der Waals surface area contributed by atoms with Crippen LogP contribution in [-0.2, 0) is 9.53 Å². The van der Waals surface area contributed by atoms with Gasteiger partial charge >= 0.3 is 0 Å². The van der Waals surface area contributed by atoms with Crippen molar-refractivity contribution in [2.24, 2.45) is 5.92 Å². The molecule has 11 heteroatoms. The third-order valence-corrected chi connectivity index (χ3v) is 7.23. The summed E-state index contributed by atoms with van der Waals surface area (Å²) >= 11 is 7.11. The molecule has 5 rings (SSSR count). The average molecular weight is 502 g/mol. The Kier molecular flexibility index (Phi) is 6.62. The Bertz CT molecular complexity index is 1280. The molecule has 34 heavy (non-hydrogen) atoms. The number of anilines is 1. The molecule has 1 aromatic carbocycles. The molecule has 1 aliphatic heterocycles. The van der Waals surface area contributed by atoms with E-state index in [0.717, 1.165) is 37.0 Å². The molecule has 2 amide bonds. The van der Waals surface area contributed by atoms with E-state index in [-0.39, 0.29) is 29.3 Å². The zero-order chi connectivity index (χ0) is 23.7. The smallest absolute Gasteiger partial charge is 0.261 e. The van der Waals surface area contributed by atoms with E-state index in [1.54, 1.807) is 18.2 Å². The van der Waals surface area contributed by atoms with Gasteiger partial charge in [-0.15, -0.1) is 0 Å². The third kappa shape index (κ3) is 5.13. The minimum absolute atomic E-state index is 0.172. The summed E-state index contributed by atoms with van der Waals surface area (Å²) in [6.45, 7) is 1.27. The predicted molar refractivity (Wildman–Crippen MR) is 129 cm³/mol. The summed E-state index contributed by atoms with van der Waals surface area (Å²) in [5, 5.41) is 6.45. The summed E-state index contributed by atoms with van der Waals surface area (Å²) < 4.78 is 7.29. The Morgan fingerprint density at radius 3 is 2.71 bits per heavy atom. The number of hydrogen-bond acceptors (Lipinski definition) is 7. The van der Waals surface area contributed by atoms with Crippen LogP contribution in [0.4, 0.5) is 5.13 Å². The molecule has 0 radical (unpaired) electrons. The van der Waals surface area contributed by atoms with Crippen molar-refractivity contribution in [2.75, 3.05) is 18.5 Å². The topological polar surface area (TPSA) is 115 Å². The number of benzene rings is 1. The van der Waals surface area contributed by atoms with Crippen LogP contribution in [-0.4, -0.2) is 45.6 Å². The van der Waals surface area contributed by atoms with E-state index in [9.17, 15) is 14.4 Å². The number of nitrogens with zero attached hydrogens (tertiary/aromatic N) is 3. The predicted octanol–water partition coefficient (Wildman–Crippen LogP) is 3.40. The highest BCUT2D eigenvalue weighted by atomic mass is 35.5. The number of ether oxygens (including phenoxy) is 1. The van der Waals surface area contributed by atoms with Gasteiger partial charge in [-0.1, -0.05) is 22.9 Å². The van der Waals surface area contributed by atoms with Crippen LogP contribution >= 0.6 is 22.9 Å². The number of amides is 2. The molecule has 2 aliphatic rings. The van der Waals surface area contributed by atoms with Crippen LogP contribution in [0, 0.1) is 5.92 Å². The summed E-state index contributed by atoms with van der Waals surface area (Å²) in [6, 6.07) is 4.31. The van der Waals surface area contributed by atoms with Gasteiger partial charge in [-0.2, -0.15) is 0 Å². The van der Waals surface area contributed by atoms with Gasteiger partial charge in [-0.05, 0) is 56.2 Å². The number of rotatable bonds is 7. The van der Waals surface area contributed by atoms with Gasteiger partial charge < -0.3 is 15.4 Å². The van der Waals surface area contributed by atoms with Crippen molar-refractivity contribution >= 4 is 50.8 Å². The Morgan fingerprint density at radius 1 is 1.21 bits per heavy atom. The third-order valence-electron chi connectivity index (χ3n) is 6.20. The Balaban J connectivity index is 1.45. The van der Waals surface area contributed by atoms with Crippen molar-refractivity contribution in [3.8, 4) is 0 Å². The molecular formula is C23H24ClN5O4S. The minimum atomic E-state index is -0.770. The van der Waals surface area contributed by atoms with Crippen molar-refractivity contribution in [2.45, 2.75) is 44.2 Å². The second kappa shape index (κ2) is 9.81. The van der Waals surface area contributed by atoms with Crippen molar-refractivity contribution in [1.29, 1.82) is 0 Å². The lowest BCUT2D eigenvalue weighted by Crippen LogP contribution is -2.35. The van der Waals surface area contributed by atoms with E-state index in [0.29, 0.717) is 45.6 Å². The molecule has 1 atom stereocenters. The van der Waals surface area contributed by atoms with E-state index in [1.165, 1.54) is 17.1 Å². The van der Waals surface area contributed by atoms with E-state index < -0.39 is 6.04 Å². The SMILES string of the molecule is O=C(NC1CC1)c1ccc2c(=O)n(C(CC3CCOCC3)C(=O)Nc3ncc(Cl)s3)cnc2c1. The first-order valence-corrected chi connectivity index (χ1v) is 12.5. The Hall–Kier alpha value is -2.82. The Morgan fingerprint density at radius 2 is 2.00 bits per heavy atom. The lowest BCUT2D eigenvalue weighted by molar-refractivity contribution is -0.120. The molecule has 3 heterocycles. The van der Waals surface area contributed by atoms with Crippen LogP contribution in [0.2, 0.25) is 4.34 Å². The number of aromatic nitrogens is 3. The Labute approximate surface area is 204 Å². The summed E-state index contributed by atoms with van der Waals surface area (Å²) in [4.78, 5) is 47.6. The molecule has 0 bridgehead atoms. The number of fused-ring (bicyclic) bond motifs is 1. The summed E-state index contributed by atoms with van der Waals surface area (Å²) in [6.07, 6.45) is 6.97. The maximum Gasteiger partial charge on any atom is 0.261 e. The van der Waals surface area contributed by atoms with Gasteiger partial charge in [-0.25, -0.2) is 9.97 Å². The van der Waals surface area contributed by atoms with Gasteiger partial charge in [-0.3, -0.25) is 19.0 Å². The normalized spacial score (nSPS) is 17.4. The summed E-state index contributed by atoms with van der Waals surface area (Å²) in [7, 11) is 0. The lowest BCUT2D eigenvalue weighted by Gasteiger charge is -2.27. The highest BCUT2D eigenvalue weighted by Gasteiger charge is 2.29. The number of thiazole rings is 1. The molecule has 2 fully saturated rings. The van der Waals surface area contributed by atoms with Gasteiger partial charge in [0.15, 0.2) is 5.13 Å². The first-order chi connectivity index (χ1) is 16.5. The maximum absolute atomic E-state index is 13.4. The van der Waals surface area contributed by atoms with Crippen molar-refractivity contribution in [1.82, 2.24) is 19.9 Å². The van der Waals surface area contributed by atoms with Gasteiger partial charge in [0.25, 0.3) is 11.5 Å². The maximum atomic E-state index is 13.4. The summed E-state index contributed by atoms with van der Waals surface area (Å²) in [5.41, 5.74) is 0.548. The quantitative estimate of drug-likeness (QED) is 0.512. The van der Waals surface area contributed by atoms with E-state index >= 15 is 0 Å². The molecule has 1 saturated carbocycles. The van der Waals surface area contributed by atoms with Gasteiger partial charge in [0.2, 0.25) is 5.91 Å². The molecule has 178 valence electrons. The number of nitrogens with one attached hydrogen (secondary N) is 2. The molecule has 2 aromatic heterocycles. The van der Waals surface area contributed by atoms with E-state index in [4.69, 9.17) is 16.3 Å². The lowest BCUT2D eigenvalue weighted by atomic mass is 9.92. The van der Waals surface area contributed by atoms with E-state index in [2.05, 4.69) is 20.6 Å². The fourth-order valence-corrected chi connectivity index (χ4v) is 4.96.